The van der Waals surface area contributed by atoms with Crippen LogP contribution < -0.4 is 39.8 Å². The van der Waals surface area contributed by atoms with Crippen LogP contribution in [0.3, 0.4) is 0 Å². The van der Waals surface area contributed by atoms with E-state index in [4.69, 9.17) is 23.4 Å². The summed E-state index contributed by atoms with van der Waals surface area (Å²) in [5, 5.41) is 2.90. The third-order valence-corrected chi connectivity index (χ3v) is 12.7. The van der Waals surface area contributed by atoms with Crippen molar-refractivity contribution < 1.29 is 91.1 Å². The van der Waals surface area contributed by atoms with Crippen LogP contribution in [0.5, 0.6) is 0 Å². The van der Waals surface area contributed by atoms with Crippen LogP contribution >= 0.6 is 7.82 Å². The Labute approximate surface area is 426 Å². The van der Waals surface area contributed by atoms with E-state index in [1.165, 1.54) is 141 Å². The number of nitrogens with zero attached hydrogens (tertiary/aromatic N) is 1. The molecule has 15 nitrogen and oxygen atoms in total. The number of carbonyl (C=O) groups excluding carboxylic acids is 6. The number of amides is 3. The van der Waals surface area contributed by atoms with Crippen molar-refractivity contribution in [1.29, 1.82) is 0 Å². The van der Waals surface area contributed by atoms with Gasteiger partial charge in [0.25, 0.3) is 19.6 Å². The van der Waals surface area contributed by atoms with E-state index in [9.17, 15) is 38.2 Å². The van der Waals surface area contributed by atoms with Gasteiger partial charge >= 0.3 is 47.5 Å². The number of esters is 2. The van der Waals surface area contributed by atoms with Crippen molar-refractivity contribution in [2.75, 3.05) is 26.4 Å². The van der Waals surface area contributed by atoms with Crippen molar-refractivity contribution in [2.24, 2.45) is 0 Å². The van der Waals surface area contributed by atoms with Crippen LogP contribution in [0.15, 0.2) is 0 Å². The van der Waals surface area contributed by atoms with Crippen LogP contribution in [0.4, 0.5) is 0 Å². The molecule has 0 aliphatic carbocycles. The first-order valence-corrected chi connectivity index (χ1v) is 27.7. The predicted octanol–water partition coefficient (Wildman–Crippen LogP) is 8.36. The maximum atomic E-state index is 12.8. The van der Waals surface area contributed by atoms with E-state index in [2.05, 4.69) is 19.2 Å². The van der Waals surface area contributed by atoms with Crippen molar-refractivity contribution in [3.8, 4) is 0 Å². The fourth-order valence-corrected chi connectivity index (χ4v) is 8.49. The van der Waals surface area contributed by atoms with Gasteiger partial charge in [-0.05, 0) is 19.3 Å². The van der Waals surface area contributed by atoms with Gasteiger partial charge in [0, 0.05) is 45.1 Å². The van der Waals surface area contributed by atoms with Gasteiger partial charge in [-0.1, -0.05) is 194 Å². The number of hydrogen-bond acceptors (Lipinski definition) is 13. The van der Waals surface area contributed by atoms with Crippen LogP contribution in [-0.2, 0) is 56.7 Å². The molecule has 0 bridgehead atoms. The number of imide groups is 1. The van der Waals surface area contributed by atoms with Crippen molar-refractivity contribution in [2.45, 2.75) is 258 Å². The first-order chi connectivity index (χ1) is 32.0. The molecule has 1 aliphatic rings. The molecule has 384 valence electrons. The molecule has 1 fully saturated rings. The van der Waals surface area contributed by atoms with E-state index in [0.717, 1.165) is 38.5 Å². The monoisotopic (exact) mass is 981 g/mol. The fourth-order valence-electron chi connectivity index (χ4n) is 7.75. The van der Waals surface area contributed by atoms with Crippen LogP contribution in [0.2, 0.25) is 0 Å². The summed E-state index contributed by atoms with van der Waals surface area (Å²) in [4.78, 5) is 89.9. The topological polar surface area (TPSA) is 204 Å². The van der Waals surface area contributed by atoms with E-state index in [-0.39, 0.29) is 87.7 Å². The molecule has 0 aromatic rings. The average molecular weight is 981 g/mol. The molecule has 3 amide bonds. The number of nitrogens with one attached hydrogen (secondary N) is 1. The first-order valence-electron chi connectivity index (χ1n) is 26.3. The summed E-state index contributed by atoms with van der Waals surface area (Å²) in [6.07, 6.45) is 35.0. The first kappa shape index (κ1) is 65.1. The summed E-state index contributed by atoms with van der Waals surface area (Å²) < 4.78 is 33.3. The van der Waals surface area contributed by atoms with E-state index in [0.29, 0.717) is 17.9 Å². The molecule has 67 heavy (non-hydrogen) atoms. The van der Waals surface area contributed by atoms with Crippen molar-refractivity contribution in [3.05, 3.63) is 0 Å². The summed E-state index contributed by atoms with van der Waals surface area (Å²) in [6.45, 7) is 2.86. The summed E-state index contributed by atoms with van der Waals surface area (Å²) >= 11 is 0. The number of ether oxygens (including phenoxy) is 2. The molecule has 1 rings (SSSR count). The second-order valence-corrected chi connectivity index (χ2v) is 19.4. The summed E-state index contributed by atoms with van der Waals surface area (Å²) in [7, 11) is -4.91. The molecular formula is C50H90N2NaO13P. The molecule has 1 aliphatic heterocycles. The molecule has 0 radical (unpaired) electrons. The molecule has 0 saturated carbocycles. The maximum absolute atomic E-state index is 12.8. The van der Waals surface area contributed by atoms with Crippen LogP contribution in [0.25, 0.3) is 0 Å². The van der Waals surface area contributed by atoms with E-state index in [1.54, 1.807) is 0 Å². The minimum Gasteiger partial charge on any atom is -0.756 e. The molecule has 0 spiro atoms. The maximum Gasteiger partial charge on any atom is 1.00 e. The van der Waals surface area contributed by atoms with Crippen LogP contribution in [-0.4, -0.2) is 73.2 Å². The SMILES string of the molecule is CCCCCCCCCCCCCCCCCC(=O)OC[C@@H](COP(=O)([O-])OCCNC(=O)CCCC(=O)ON1C(=O)CCC1=O)OC(=O)CCCCCCCCCCCCCCCCC.[Na+]. The van der Waals surface area contributed by atoms with Gasteiger partial charge in [-0.2, -0.15) is 0 Å². The van der Waals surface area contributed by atoms with E-state index < -0.39 is 62.8 Å². The Hall–Kier alpha value is -1.87. The Bertz CT molecular complexity index is 1340. The second-order valence-electron chi connectivity index (χ2n) is 18.0. The second kappa shape index (κ2) is 45.3. The molecule has 1 heterocycles. The summed E-state index contributed by atoms with van der Waals surface area (Å²) in [5.74, 6) is -3.52. The summed E-state index contributed by atoms with van der Waals surface area (Å²) in [6, 6.07) is 0. The van der Waals surface area contributed by atoms with E-state index >= 15 is 0 Å². The third kappa shape index (κ3) is 40.6. The predicted molar refractivity (Wildman–Crippen MR) is 253 cm³/mol. The van der Waals surface area contributed by atoms with Crippen LogP contribution in [0, 0.1) is 0 Å². The zero-order valence-corrected chi connectivity index (χ0v) is 45.2. The van der Waals surface area contributed by atoms with Gasteiger partial charge in [-0.25, -0.2) is 4.79 Å². The minimum atomic E-state index is -4.91. The molecule has 1 saturated heterocycles. The number of phosphoric ester groups is 1. The quantitative estimate of drug-likeness (QED) is 0.0200. The average Bonchev–Trinajstić information content (AvgIpc) is 3.60. The number of unbranched alkanes of at least 4 members (excludes halogenated alkanes) is 28. The Morgan fingerprint density at radius 3 is 1.36 bits per heavy atom. The number of phosphoric acid groups is 1. The molecule has 2 atom stereocenters. The molecular weight excluding hydrogens is 891 g/mol. The molecule has 1 unspecified atom stereocenters. The van der Waals surface area contributed by atoms with Crippen LogP contribution in [0.1, 0.15) is 251 Å². The Morgan fingerprint density at radius 2 is 0.925 bits per heavy atom. The minimum absolute atomic E-state index is 0. The zero-order valence-electron chi connectivity index (χ0n) is 42.3. The molecule has 0 aromatic heterocycles. The Kier molecular flexibility index (Phi) is 44.0. The molecule has 1 N–H and O–H groups in total. The van der Waals surface area contributed by atoms with Crippen molar-refractivity contribution in [3.63, 3.8) is 0 Å². The van der Waals surface area contributed by atoms with Gasteiger partial charge in [0.2, 0.25) is 5.91 Å². The number of carbonyl (C=O) groups is 6. The van der Waals surface area contributed by atoms with Gasteiger partial charge in [0.05, 0.1) is 13.2 Å². The fraction of sp³-hybridized carbons (Fsp3) is 0.880. The smallest absolute Gasteiger partial charge is 0.756 e. The Morgan fingerprint density at radius 1 is 0.537 bits per heavy atom. The normalized spacial score (nSPS) is 13.8. The van der Waals surface area contributed by atoms with Gasteiger partial charge in [-0.15, -0.1) is 5.06 Å². The van der Waals surface area contributed by atoms with Crippen molar-refractivity contribution in [1.82, 2.24) is 10.4 Å². The van der Waals surface area contributed by atoms with Gasteiger partial charge in [-0.3, -0.25) is 28.5 Å². The largest absolute Gasteiger partial charge is 1.00 e. The number of hydroxylamine groups is 2. The van der Waals surface area contributed by atoms with Crippen molar-refractivity contribution >= 4 is 43.5 Å². The third-order valence-electron chi connectivity index (χ3n) is 11.8. The molecule has 17 heteroatoms. The standard InChI is InChI=1S/C50H91N2O13P.Na/c1-3-5-7-9-11-13-15-17-19-21-23-25-27-29-31-35-48(56)61-42-44(64-49(57)36-32-30-28-26-24-22-20-18-16-14-12-10-8-6-4-2)43-63-66(59,60)62-41-40-51-45(53)34-33-37-50(58)65-52-46(54)38-39-47(52)55;/h44H,3-43H2,1-2H3,(H,51,53)(H,59,60);/q;+1/p-1/t44-;/m0./s1. The van der Waals surface area contributed by atoms with E-state index in [1.807, 2.05) is 0 Å². The van der Waals surface area contributed by atoms with Gasteiger partial charge < -0.3 is 33.6 Å². The number of rotatable bonds is 47. The summed E-state index contributed by atoms with van der Waals surface area (Å²) in [5.41, 5.74) is 0. The van der Waals surface area contributed by atoms with Gasteiger partial charge in [0.1, 0.15) is 6.61 Å². The number of hydrogen-bond donors (Lipinski definition) is 1. The molecule has 0 aromatic carbocycles. The Balaban J connectivity index is 0.0000436. The zero-order chi connectivity index (χ0) is 48.4. The van der Waals surface area contributed by atoms with Gasteiger partial charge in [0.15, 0.2) is 6.10 Å².